The lowest BCUT2D eigenvalue weighted by Gasteiger charge is -2.06. The highest BCUT2D eigenvalue weighted by Gasteiger charge is 2.19. The zero-order chi connectivity index (χ0) is 10.0. The molecular weight excluding hydrogens is 182 g/mol. The summed E-state index contributed by atoms with van der Waals surface area (Å²) in [5.41, 5.74) is -0.493. The molecule has 1 aromatic rings. The average Bonchev–Trinajstić information content (AvgIpc) is 2.10. The Morgan fingerprint density at radius 1 is 1.38 bits per heavy atom. The number of anilines is 1. The summed E-state index contributed by atoms with van der Waals surface area (Å²) in [4.78, 5) is 35.2. The number of aromatic hydroxyl groups is 1. The van der Waals surface area contributed by atoms with Gasteiger partial charge < -0.3 is 10.2 Å². The SMILES string of the molecule is O=C(O)CONc1c(O)c(=O)c1=O. The van der Waals surface area contributed by atoms with E-state index in [1.165, 1.54) is 0 Å². The minimum absolute atomic E-state index is 0.411. The molecule has 0 aromatic heterocycles. The number of hydrogen-bond acceptors (Lipinski definition) is 6. The van der Waals surface area contributed by atoms with Crippen LogP contribution >= 0.6 is 0 Å². The largest absolute Gasteiger partial charge is 0.502 e. The first kappa shape index (κ1) is 9.20. The molecule has 70 valence electrons. The summed E-state index contributed by atoms with van der Waals surface area (Å²) in [6, 6.07) is 0. The molecule has 1 aromatic carbocycles. The van der Waals surface area contributed by atoms with E-state index >= 15 is 0 Å². The minimum Gasteiger partial charge on any atom is -0.502 e. The summed E-state index contributed by atoms with van der Waals surface area (Å²) < 4.78 is 0. The van der Waals surface area contributed by atoms with Crippen LogP contribution in [-0.2, 0) is 9.63 Å². The van der Waals surface area contributed by atoms with Gasteiger partial charge >= 0.3 is 5.97 Å². The molecule has 3 N–H and O–H groups in total. The minimum atomic E-state index is -1.24. The fraction of sp³-hybridized carbons (Fsp3) is 0.167. The van der Waals surface area contributed by atoms with Crippen molar-refractivity contribution in [2.45, 2.75) is 0 Å². The van der Waals surface area contributed by atoms with Crippen LogP contribution in [0.3, 0.4) is 0 Å². The topological polar surface area (TPSA) is 113 Å². The first-order chi connectivity index (χ1) is 6.04. The molecule has 0 bridgehead atoms. The Labute approximate surface area is 70.8 Å². The van der Waals surface area contributed by atoms with E-state index < -0.39 is 34.9 Å². The third-order valence-corrected chi connectivity index (χ3v) is 1.26. The van der Waals surface area contributed by atoms with Crippen molar-refractivity contribution in [2.24, 2.45) is 0 Å². The number of hydrogen-bond donors (Lipinski definition) is 3. The second-order valence-electron chi connectivity index (χ2n) is 2.17. The van der Waals surface area contributed by atoms with E-state index in [2.05, 4.69) is 4.84 Å². The summed E-state index contributed by atoms with van der Waals surface area (Å²) in [5, 5.41) is 16.8. The van der Waals surface area contributed by atoms with E-state index in [-0.39, 0.29) is 0 Å². The Bertz CT molecular complexity index is 401. The molecule has 0 aliphatic carbocycles. The van der Waals surface area contributed by atoms with Crippen molar-refractivity contribution in [3.8, 4) is 5.75 Å². The number of carbonyl (C=O) groups is 1. The maximum atomic E-state index is 10.6. The summed E-state index contributed by atoms with van der Waals surface area (Å²) >= 11 is 0. The van der Waals surface area contributed by atoms with Crippen LogP contribution in [0.2, 0.25) is 0 Å². The molecule has 0 spiro atoms. The van der Waals surface area contributed by atoms with E-state index in [0.717, 1.165) is 0 Å². The number of carboxylic acids is 1. The van der Waals surface area contributed by atoms with Gasteiger partial charge in [0, 0.05) is 0 Å². The van der Waals surface area contributed by atoms with E-state index in [0.29, 0.717) is 0 Å². The smallest absolute Gasteiger partial charge is 0.332 e. The third kappa shape index (κ3) is 1.64. The van der Waals surface area contributed by atoms with Gasteiger partial charge in [0.05, 0.1) is 0 Å². The lowest BCUT2D eigenvalue weighted by molar-refractivity contribution is -0.141. The maximum Gasteiger partial charge on any atom is 0.332 e. The van der Waals surface area contributed by atoms with Crippen molar-refractivity contribution < 1.29 is 19.8 Å². The Kier molecular flexibility index (Phi) is 2.29. The van der Waals surface area contributed by atoms with Crippen LogP contribution < -0.4 is 16.3 Å². The van der Waals surface area contributed by atoms with Crippen molar-refractivity contribution in [3.63, 3.8) is 0 Å². The van der Waals surface area contributed by atoms with Crippen molar-refractivity contribution in [1.82, 2.24) is 0 Å². The second kappa shape index (κ2) is 3.23. The van der Waals surface area contributed by atoms with Crippen molar-refractivity contribution >= 4 is 11.7 Å². The molecule has 0 fully saturated rings. The molecule has 0 radical (unpaired) electrons. The molecule has 0 aliphatic rings. The molecule has 0 atom stereocenters. The quantitative estimate of drug-likeness (QED) is 0.385. The Morgan fingerprint density at radius 2 is 2.00 bits per heavy atom. The number of rotatable bonds is 4. The number of carboxylic acid groups (broad SMARTS) is 1. The predicted molar refractivity (Wildman–Crippen MR) is 40.2 cm³/mol. The maximum absolute atomic E-state index is 10.6. The van der Waals surface area contributed by atoms with Gasteiger partial charge in [0.1, 0.15) is 0 Å². The van der Waals surface area contributed by atoms with Gasteiger partial charge in [-0.1, -0.05) is 0 Å². The Hall–Kier alpha value is -1.89. The van der Waals surface area contributed by atoms with Gasteiger partial charge in [-0.05, 0) is 0 Å². The third-order valence-electron chi connectivity index (χ3n) is 1.26. The number of aliphatic carboxylic acids is 1. The van der Waals surface area contributed by atoms with E-state index in [1.807, 2.05) is 5.48 Å². The molecule has 7 heteroatoms. The van der Waals surface area contributed by atoms with E-state index in [9.17, 15) is 14.4 Å². The highest BCUT2D eigenvalue weighted by molar-refractivity contribution is 5.68. The molecule has 0 amide bonds. The van der Waals surface area contributed by atoms with Gasteiger partial charge in [0.15, 0.2) is 18.0 Å². The monoisotopic (exact) mass is 187 g/mol. The van der Waals surface area contributed by atoms with E-state index in [1.54, 1.807) is 0 Å². The van der Waals surface area contributed by atoms with Crippen LogP contribution in [0, 0.1) is 0 Å². The highest BCUT2D eigenvalue weighted by Crippen LogP contribution is 2.13. The van der Waals surface area contributed by atoms with Gasteiger partial charge in [0.25, 0.3) is 10.9 Å². The van der Waals surface area contributed by atoms with Gasteiger partial charge in [-0.25, -0.2) is 4.79 Å². The van der Waals surface area contributed by atoms with Crippen molar-refractivity contribution in [2.75, 3.05) is 12.1 Å². The molecule has 0 unspecified atom stereocenters. The Morgan fingerprint density at radius 3 is 2.46 bits per heavy atom. The van der Waals surface area contributed by atoms with Gasteiger partial charge in [0.2, 0.25) is 0 Å². The van der Waals surface area contributed by atoms with E-state index in [4.69, 9.17) is 10.2 Å². The van der Waals surface area contributed by atoms with Crippen LogP contribution in [0.25, 0.3) is 0 Å². The van der Waals surface area contributed by atoms with Crippen molar-refractivity contribution in [3.05, 3.63) is 20.4 Å². The summed E-state index contributed by atoms with van der Waals surface area (Å²) in [6.07, 6.45) is 0. The molecule has 1 rings (SSSR count). The zero-order valence-electron chi connectivity index (χ0n) is 6.23. The summed E-state index contributed by atoms with van der Waals surface area (Å²) in [5.74, 6) is -1.99. The van der Waals surface area contributed by atoms with Gasteiger partial charge in [-0.15, -0.1) is 0 Å². The lowest BCUT2D eigenvalue weighted by Crippen LogP contribution is -2.33. The molecule has 7 nitrogen and oxygen atoms in total. The normalized spacial score (nSPS) is 10.2. The highest BCUT2D eigenvalue weighted by atomic mass is 16.7. The second-order valence-corrected chi connectivity index (χ2v) is 2.17. The van der Waals surface area contributed by atoms with Gasteiger partial charge in [-0.3, -0.25) is 19.9 Å². The Balaban J connectivity index is 2.53. The molecule has 0 heterocycles. The molecule has 0 aliphatic heterocycles. The standard InChI is InChI=1S/C6H5NO6/c8-2(9)1-13-7-3-4(10)6(12)5(3)11/h7,10H,1H2,(H,8,9). The van der Waals surface area contributed by atoms with Crippen LogP contribution in [0.15, 0.2) is 9.59 Å². The number of nitrogens with one attached hydrogen (secondary N) is 1. The molecule has 0 saturated carbocycles. The molecule has 13 heavy (non-hydrogen) atoms. The van der Waals surface area contributed by atoms with Crippen LogP contribution in [0.4, 0.5) is 5.69 Å². The zero-order valence-corrected chi connectivity index (χ0v) is 6.23. The summed E-state index contributed by atoms with van der Waals surface area (Å²) in [7, 11) is 0. The fourth-order valence-corrected chi connectivity index (χ4v) is 0.644. The molecular formula is C6H5NO6. The van der Waals surface area contributed by atoms with Crippen molar-refractivity contribution in [1.29, 1.82) is 0 Å². The van der Waals surface area contributed by atoms with Crippen LogP contribution in [0.5, 0.6) is 5.75 Å². The van der Waals surface area contributed by atoms with Gasteiger partial charge in [-0.2, -0.15) is 0 Å². The first-order valence-corrected chi connectivity index (χ1v) is 3.16. The van der Waals surface area contributed by atoms with Crippen LogP contribution in [0.1, 0.15) is 0 Å². The summed E-state index contributed by atoms with van der Waals surface area (Å²) in [6.45, 7) is -0.682. The first-order valence-electron chi connectivity index (χ1n) is 3.16. The van der Waals surface area contributed by atoms with Crippen LogP contribution in [-0.4, -0.2) is 22.8 Å². The average molecular weight is 187 g/mol. The predicted octanol–water partition coefficient (Wildman–Crippen LogP) is -1.58. The fourth-order valence-electron chi connectivity index (χ4n) is 0.644. The molecule has 0 saturated heterocycles. The lowest BCUT2D eigenvalue weighted by atomic mass is 10.2.